The summed E-state index contributed by atoms with van der Waals surface area (Å²) in [6, 6.07) is 0. The Kier molecular flexibility index (Phi) is 4.59. The highest BCUT2D eigenvalue weighted by atomic mass is 32.2. The van der Waals surface area contributed by atoms with Crippen LogP contribution in [0.1, 0.15) is 20.8 Å². The number of nitrogens with zero attached hydrogens (tertiary/aromatic N) is 1. The second-order valence-electron chi connectivity index (χ2n) is 6.69. The van der Waals surface area contributed by atoms with E-state index in [2.05, 4.69) is 33.9 Å². The Morgan fingerprint density at radius 3 is 2.80 bits per heavy atom. The van der Waals surface area contributed by atoms with E-state index in [1.54, 1.807) is 0 Å². The lowest BCUT2D eigenvalue weighted by molar-refractivity contribution is -0.253. The molecule has 2 rings (SSSR count). The normalized spacial score (nSPS) is 31.3. The molecule has 1 fully saturated rings. The Labute approximate surface area is 126 Å². The molecule has 1 N–H and O–H groups in total. The molecule has 1 spiro atoms. The van der Waals surface area contributed by atoms with Crippen molar-refractivity contribution in [2.45, 2.75) is 50.1 Å². The van der Waals surface area contributed by atoms with E-state index in [4.69, 9.17) is 13.9 Å². The molecule has 2 atom stereocenters. The fourth-order valence-corrected chi connectivity index (χ4v) is 3.72. The second kappa shape index (κ2) is 5.62. The largest absolute Gasteiger partial charge is 0.399 e. The topological polar surface area (TPSA) is 51.2 Å². The minimum Gasteiger partial charge on any atom is -0.399 e. The van der Waals surface area contributed by atoms with Crippen molar-refractivity contribution >= 4 is 20.1 Å². The molecule has 0 amide bonds. The highest BCUT2D eigenvalue weighted by Gasteiger charge is 2.50. The van der Waals surface area contributed by atoms with Gasteiger partial charge in [0.2, 0.25) is 5.06 Å². The maximum atomic E-state index is 10.2. The molecule has 5 nitrogen and oxygen atoms in total. The SMILES string of the molecule is CC(C)(C)[Si](C)(C)OCN1C=CSC12OCOCC2O. The van der Waals surface area contributed by atoms with Gasteiger partial charge in [-0.1, -0.05) is 32.5 Å². The molecule has 1 saturated heterocycles. The van der Waals surface area contributed by atoms with Crippen molar-refractivity contribution < 1.29 is 19.0 Å². The number of hydrogen-bond acceptors (Lipinski definition) is 6. The summed E-state index contributed by atoms with van der Waals surface area (Å²) in [5.74, 6) is 0. The van der Waals surface area contributed by atoms with Gasteiger partial charge in [-0.25, -0.2) is 0 Å². The van der Waals surface area contributed by atoms with Gasteiger partial charge in [0.05, 0.1) is 6.61 Å². The first kappa shape index (κ1) is 16.3. The first-order valence-electron chi connectivity index (χ1n) is 6.84. The lowest BCUT2D eigenvalue weighted by Crippen LogP contribution is -2.58. The summed E-state index contributed by atoms with van der Waals surface area (Å²) in [5, 5.41) is 11.5. The van der Waals surface area contributed by atoms with Gasteiger partial charge in [-0.2, -0.15) is 0 Å². The molecular formula is C13H25NO4SSi. The van der Waals surface area contributed by atoms with Crippen LogP contribution in [0.3, 0.4) is 0 Å². The molecule has 2 aliphatic heterocycles. The van der Waals surface area contributed by atoms with E-state index in [1.165, 1.54) is 11.8 Å². The zero-order valence-electron chi connectivity index (χ0n) is 12.9. The smallest absolute Gasteiger partial charge is 0.226 e. The van der Waals surface area contributed by atoms with Crippen molar-refractivity contribution in [3.63, 3.8) is 0 Å². The standard InChI is InChI=1S/C13H25NO4SSi/c1-12(2,3)20(4,5)18-9-14-6-7-19-13(14)11(15)8-16-10-17-13/h6-7,11,15H,8-10H2,1-5H3. The van der Waals surface area contributed by atoms with Crippen LogP contribution in [0.5, 0.6) is 0 Å². The summed E-state index contributed by atoms with van der Waals surface area (Å²) >= 11 is 1.47. The highest BCUT2D eigenvalue weighted by molar-refractivity contribution is 8.03. The molecule has 0 aliphatic carbocycles. The van der Waals surface area contributed by atoms with Crippen molar-refractivity contribution in [1.82, 2.24) is 4.90 Å². The van der Waals surface area contributed by atoms with E-state index < -0.39 is 19.5 Å². The number of ether oxygens (including phenoxy) is 2. The Morgan fingerprint density at radius 2 is 2.20 bits per heavy atom. The van der Waals surface area contributed by atoms with Crippen molar-refractivity contribution in [2.24, 2.45) is 0 Å². The molecule has 20 heavy (non-hydrogen) atoms. The van der Waals surface area contributed by atoms with Crippen LogP contribution in [0.15, 0.2) is 11.6 Å². The Bertz CT molecular complexity index is 385. The van der Waals surface area contributed by atoms with Gasteiger partial charge in [0.25, 0.3) is 0 Å². The van der Waals surface area contributed by atoms with Gasteiger partial charge in [0.15, 0.2) is 15.1 Å². The summed E-state index contributed by atoms with van der Waals surface area (Å²) in [6.07, 6.45) is 1.23. The molecule has 2 unspecified atom stereocenters. The quantitative estimate of drug-likeness (QED) is 0.807. The molecule has 2 heterocycles. The van der Waals surface area contributed by atoms with Crippen LogP contribution in [0.25, 0.3) is 0 Å². The molecule has 7 heteroatoms. The van der Waals surface area contributed by atoms with Crippen LogP contribution < -0.4 is 0 Å². The summed E-state index contributed by atoms with van der Waals surface area (Å²) in [6.45, 7) is 12.0. The predicted octanol–water partition coefficient (Wildman–Crippen LogP) is 2.50. The molecule has 0 aromatic carbocycles. The van der Waals surface area contributed by atoms with Crippen molar-refractivity contribution in [1.29, 1.82) is 0 Å². The average Bonchev–Trinajstić information content (AvgIpc) is 2.73. The monoisotopic (exact) mass is 319 g/mol. The van der Waals surface area contributed by atoms with Crippen molar-refractivity contribution in [3.05, 3.63) is 11.6 Å². The van der Waals surface area contributed by atoms with Crippen molar-refractivity contribution in [3.8, 4) is 0 Å². The van der Waals surface area contributed by atoms with E-state index in [0.29, 0.717) is 6.73 Å². The minimum absolute atomic E-state index is 0.159. The number of aliphatic hydroxyl groups is 1. The molecule has 2 aliphatic rings. The molecule has 0 radical (unpaired) electrons. The number of rotatable bonds is 3. The van der Waals surface area contributed by atoms with E-state index in [0.717, 1.165) is 0 Å². The summed E-state index contributed by atoms with van der Waals surface area (Å²) in [5.41, 5.74) is 0. The zero-order valence-corrected chi connectivity index (χ0v) is 14.7. The second-order valence-corrected chi connectivity index (χ2v) is 12.6. The first-order chi connectivity index (χ1) is 9.19. The molecule has 0 saturated carbocycles. The summed E-state index contributed by atoms with van der Waals surface area (Å²) in [7, 11) is -1.83. The van der Waals surface area contributed by atoms with Gasteiger partial charge in [-0.3, -0.25) is 0 Å². The fraction of sp³-hybridized carbons (Fsp3) is 0.846. The van der Waals surface area contributed by atoms with Crippen LogP contribution in [0, 0.1) is 0 Å². The Hall–Kier alpha value is -0.0531. The zero-order chi connectivity index (χ0) is 15.0. The number of thioether (sulfide) groups is 1. The average molecular weight is 319 g/mol. The third-order valence-corrected chi connectivity index (χ3v) is 9.98. The molecular weight excluding hydrogens is 294 g/mol. The van der Waals surface area contributed by atoms with Crippen LogP contribution >= 0.6 is 11.8 Å². The molecule has 116 valence electrons. The van der Waals surface area contributed by atoms with Gasteiger partial charge >= 0.3 is 0 Å². The maximum Gasteiger partial charge on any atom is 0.226 e. The van der Waals surface area contributed by atoms with Crippen molar-refractivity contribution in [2.75, 3.05) is 20.1 Å². The van der Waals surface area contributed by atoms with E-state index in [9.17, 15) is 5.11 Å². The van der Waals surface area contributed by atoms with Gasteiger partial charge in [-0.15, -0.1) is 0 Å². The molecule has 0 aromatic rings. The Balaban J connectivity index is 2.03. The fourth-order valence-electron chi connectivity index (χ4n) is 1.83. The van der Waals surface area contributed by atoms with Gasteiger partial charge in [0.1, 0.15) is 12.8 Å². The molecule has 0 aromatic heterocycles. The van der Waals surface area contributed by atoms with Crippen LogP contribution in [-0.2, 0) is 13.9 Å². The van der Waals surface area contributed by atoms with E-state index in [1.807, 2.05) is 16.5 Å². The maximum absolute atomic E-state index is 10.2. The third-order valence-electron chi connectivity index (χ3n) is 4.29. The third kappa shape index (κ3) is 2.93. The highest BCUT2D eigenvalue weighted by Crippen LogP contribution is 2.43. The molecule has 0 bridgehead atoms. The lowest BCUT2D eigenvalue weighted by atomic mass is 10.2. The number of aliphatic hydroxyl groups excluding tert-OH is 1. The van der Waals surface area contributed by atoms with Gasteiger partial charge in [-0.05, 0) is 23.5 Å². The van der Waals surface area contributed by atoms with Crippen LogP contribution in [0.2, 0.25) is 18.1 Å². The Morgan fingerprint density at radius 1 is 1.50 bits per heavy atom. The summed E-state index contributed by atoms with van der Waals surface area (Å²) < 4.78 is 17.1. The lowest BCUT2D eigenvalue weighted by Gasteiger charge is -2.45. The van der Waals surface area contributed by atoms with Crippen LogP contribution in [0.4, 0.5) is 0 Å². The van der Waals surface area contributed by atoms with E-state index in [-0.39, 0.29) is 18.4 Å². The minimum atomic E-state index is -1.83. The van der Waals surface area contributed by atoms with Crippen LogP contribution in [-0.4, -0.2) is 49.6 Å². The predicted molar refractivity (Wildman–Crippen MR) is 82.4 cm³/mol. The first-order valence-corrected chi connectivity index (χ1v) is 10.6. The van der Waals surface area contributed by atoms with E-state index >= 15 is 0 Å². The van der Waals surface area contributed by atoms with Gasteiger partial charge in [0, 0.05) is 6.20 Å². The number of hydrogen-bond donors (Lipinski definition) is 1. The summed E-state index contributed by atoms with van der Waals surface area (Å²) in [4.78, 5) is 1.94. The van der Waals surface area contributed by atoms with Gasteiger partial charge < -0.3 is 23.9 Å².